The number of nitrogens with one attached hydrogen (secondary N) is 1. The van der Waals surface area contributed by atoms with Crippen LogP contribution in [0.4, 0.5) is 0 Å². The van der Waals surface area contributed by atoms with Crippen molar-refractivity contribution in [3.63, 3.8) is 0 Å². The van der Waals surface area contributed by atoms with Gasteiger partial charge < -0.3 is 10.1 Å². The van der Waals surface area contributed by atoms with Crippen LogP contribution in [0.1, 0.15) is 32.3 Å². The summed E-state index contributed by atoms with van der Waals surface area (Å²) in [6.07, 6.45) is 2.55. The van der Waals surface area contributed by atoms with Crippen molar-refractivity contribution in [2.75, 3.05) is 19.7 Å². The lowest BCUT2D eigenvalue weighted by atomic mass is 10.1. The van der Waals surface area contributed by atoms with E-state index in [2.05, 4.69) is 47.2 Å². The van der Waals surface area contributed by atoms with Crippen LogP contribution in [0, 0.1) is 5.92 Å². The molecule has 0 unspecified atom stereocenters. The quantitative estimate of drug-likeness (QED) is 0.696. The normalized spacial score (nSPS) is 11.1. The van der Waals surface area contributed by atoms with Crippen molar-refractivity contribution in [2.24, 2.45) is 5.92 Å². The molecule has 1 rings (SSSR count). The first-order valence-corrected chi connectivity index (χ1v) is 7.50. The number of ether oxygens (including phenoxy) is 1. The van der Waals surface area contributed by atoms with Crippen molar-refractivity contribution < 1.29 is 4.74 Å². The predicted molar refractivity (Wildman–Crippen MR) is 80.7 cm³/mol. The fourth-order valence-electron chi connectivity index (χ4n) is 1.68. The molecule has 0 spiro atoms. The molecule has 0 fully saturated rings. The van der Waals surface area contributed by atoms with Gasteiger partial charge in [0.15, 0.2) is 0 Å². The third-order valence-electron chi connectivity index (χ3n) is 2.74. The monoisotopic (exact) mass is 313 g/mol. The predicted octanol–water partition coefficient (Wildman–Crippen LogP) is 3.99. The number of hydrogen-bond donors (Lipinski definition) is 1. The molecule has 0 amide bonds. The molecule has 1 N–H and O–H groups in total. The highest BCUT2D eigenvalue weighted by Gasteiger charge is 1.95. The summed E-state index contributed by atoms with van der Waals surface area (Å²) in [6, 6.07) is 8.26. The molecule has 0 aliphatic rings. The Morgan fingerprint density at radius 3 is 2.56 bits per heavy atom. The van der Waals surface area contributed by atoms with E-state index in [1.165, 1.54) is 18.4 Å². The highest BCUT2D eigenvalue weighted by molar-refractivity contribution is 9.10. The molecule has 0 saturated carbocycles. The van der Waals surface area contributed by atoms with E-state index in [0.717, 1.165) is 30.1 Å². The first-order valence-electron chi connectivity index (χ1n) is 6.71. The van der Waals surface area contributed by atoms with Crippen LogP contribution in [0.2, 0.25) is 0 Å². The Labute approximate surface area is 119 Å². The van der Waals surface area contributed by atoms with Crippen molar-refractivity contribution in [1.82, 2.24) is 5.32 Å². The average Bonchev–Trinajstić information content (AvgIpc) is 2.34. The Morgan fingerprint density at radius 1 is 1.17 bits per heavy atom. The minimum absolute atomic E-state index is 0.695. The molecule has 2 nitrogen and oxygen atoms in total. The molecule has 1 aromatic rings. The van der Waals surface area contributed by atoms with Crippen LogP contribution in [-0.4, -0.2) is 19.7 Å². The molecule has 0 aliphatic heterocycles. The van der Waals surface area contributed by atoms with Gasteiger partial charge in [0.1, 0.15) is 0 Å². The van der Waals surface area contributed by atoms with Gasteiger partial charge in [-0.1, -0.05) is 41.9 Å². The van der Waals surface area contributed by atoms with Crippen LogP contribution in [0.3, 0.4) is 0 Å². The van der Waals surface area contributed by atoms with E-state index in [1.54, 1.807) is 0 Å². The number of rotatable bonds is 9. The molecule has 0 bridgehead atoms. The highest BCUT2D eigenvalue weighted by atomic mass is 79.9. The molecule has 0 heterocycles. The van der Waals surface area contributed by atoms with E-state index in [4.69, 9.17) is 4.74 Å². The molecule has 0 saturated heterocycles. The summed E-state index contributed by atoms with van der Waals surface area (Å²) in [4.78, 5) is 0. The zero-order valence-corrected chi connectivity index (χ0v) is 13.0. The Bertz CT molecular complexity index is 311. The van der Waals surface area contributed by atoms with E-state index in [0.29, 0.717) is 6.61 Å². The summed E-state index contributed by atoms with van der Waals surface area (Å²) in [7, 11) is 0. The summed E-state index contributed by atoms with van der Waals surface area (Å²) in [5.74, 6) is 0.806. The molecule has 0 radical (unpaired) electrons. The van der Waals surface area contributed by atoms with Crippen LogP contribution in [0.25, 0.3) is 0 Å². The number of benzene rings is 1. The van der Waals surface area contributed by atoms with Gasteiger partial charge in [-0.3, -0.25) is 0 Å². The average molecular weight is 314 g/mol. The molecule has 3 heteroatoms. The Balaban J connectivity index is 1.94. The maximum absolute atomic E-state index is 5.61. The SMILES string of the molecule is CC(C)CCCNCCOCc1ccc(Br)cc1. The minimum Gasteiger partial charge on any atom is -0.375 e. The van der Waals surface area contributed by atoms with Gasteiger partial charge in [-0.2, -0.15) is 0 Å². The first-order chi connectivity index (χ1) is 8.68. The van der Waals surface area contributed by atoms with Crippen LogP contribution in [-0.2, 0) is 11.3 Å². The van der Waals surface area contributed by atoms with E-state index in [-0.39, 0.29) is 0 Å². The molecule has 0 aromatic heterocycles. The lowest BCUT2D eigenvalue weighted by Crippen LogP contribution is -2.21. The van der Waals surface area contributed by atoms with Gasteiger partial charge in [-0.15, -0.1) is 0 Å². The molecular formula is C15H24BrNO. The van der Waals surface area contributed by atoms with Gasteiger partial charge in [-0.05, 0) is 43.0 Å². The van der Waals surface area contributed by atoms with E-state index < -0.39 is 0 Å². The van der Waals surface area contributed by atoms with Gasteiger partial charge in [-0.25, -0.2) is 0 Å². The maximum atomic E-state index is 5.61. The van der Waals surface area contributed by atoms with E-state index in [1.807, 2.05) is 12.1 Å². The van der Waals surface area contributed by atoms with Gasteiger partial charge in [0.25, 0.3) is 0 Å². The summed E-state index contributed by atoms with van der Waals surface area (Å²) in [6.45, 7) is 8.04. The Hall–Kier alpha value is -0.380. The minimum atomic E-state index is 0.695. The van der Waals surface area contributed by atoms with E-state index >= 15 is 0 Å². The fourth-order valence-corrected chi connectivity index (χ4v) is 1.94. The molecular weight excluding hydrogens is 290 g/mol. The fraction of sp³-hybridized carbons (Fsp3) is 0.600. The van der Waals surface area contributed by atoms with Crippen molar-refractivity contribution in [3.05, 3.63) is 34.3 Å². The second-order valence-electron chi connectivity index (χ2n) is 4.97. The largest absolute Gasteiger partial charge is 0.375 e. The Kier molecular flexibility index (Phi) is 8.31. The van der Waals surface area contributed by atoms with Crippen molar-refractivity contribution in [2.45, 2.75) is 33.3 Å². The highest BCUT2D eigenvalue weighted by Crippen LogP contribution is 2.10. The van der Waals surface area contributed by atoms with Gasteiger partial charge in [0.05, 0.1) is 13.2 Å². The van der Waals surface area contributed by atoms with Crippen molar-refractivity contribution in [3.8, 4) is 0 Å². The molecule has 18 heavy (non-hydrogen) atoms. The smallest absolute Gasteiger partial charge is 0.0717 e. The summed E-state index contributed by atoms with van der Waals surface area (Å²) in [5, 5.41) is 3.40. The second-order valence-corrected chi connectivity index (χ2v) is 5.88. The molecule has 0 atom stereocenters. The standard InChI is InChI=1S/C15H24BrNO/c1-13(2)4-3-9-17-10-11-18-12-14-5-7-15(16)8-6-14/h5-8,13,17H,3-4,9-12H2,1-2H3. The number of halogens is 1. The Morgan fingerprint density at radius 2 is 1.89 bits per heavy atom. The third kappa shape index (κ3) is 7.85. The summed E-state index contributed by atoms with van der Waals surface area (Å²) < 4.78 is 6.72. The zero-order valence-electron chi connectivity index (χ0n) is 11.4. The lowest BCUT2D eigenvalue weighted by Gasteiger charge is -2.07. The third-order valence-corrected chi connectivity index (χ3v) is 3.27. The van der Waals surface area contributed by atoms with Crippen LogP contribution in [0.15, 0.2) is 28.7 Å². The van der Waals surface area contributed by atoms with Gasteiger partial charge in [0, 0.05) is 11.0 Å². The summed E-state index contributed by atoms with van der Waals surface area (Å²) in [5.41, 5.74) is 1.22. The number of hydrogen-bond acceptors (Lipinski definition) is 2. The van der Waals surface area contributed by atoms with Crippen molar-refractivity contribution >= 4 is 15.9 Å². The molecule has 0 aliphatic carbocycles. The first kappa shape index (κ1) is 15.7. The second kappa shape index (κ2) is 9.54. The van der Waals surface area contributed by atoms with Crippen molar-refractivity contribution in [1.29, 1.82) is 0 Å². The topological polar surface area (TPSA) is 21.3 Å². The lowest BCUT2D eigenvalue weighted by molar-refractivity contribution is 0.122. The molecule has 102 valence electrons. The van der Waals surface area contributed by atoms with Gasteiger partial charge in [0.2, 0.25) is 0 Å². The molecule has 1 aromatic carbocycles. The van der Waals surface area contributed by atoms with Crippen LogP contribution < -0.4 is 5.32 Å². The van der Waals surface area contributed by atoms with Gasteiger partial charge >= 0.3 is 0 Å². The van der Waals surface area contributed by atoms with E-state index in [9.17, 15) is 0 Å². The maximum Gasteiger partial charge on any atom is 0.0717 e. The summed E-state index contributed by atoms with van der Waals surface area (Å²) >= 11 is 3.42. The van der Waals surface area contributed by atoms with Crippen LogP contribution in [0.5, 0.6) is 0 Å². The van der Waals surface area contributed by atoms with Crippen LogP contribution >= 0.6 is 15.9 Å². The zero-order chi connectivity index (χ0) is 13.2.